The summed E-state index contributed by atoms with van der Waals surface area (Å²) in [5, 5.41) is 2.82. The minimum Gasteiger partial charge on any atom is -0.497 e. The van der Waals surface area contributed by atoms with E-state index in [1.54, 1.807) is 7.11 Å². The van der Waals surface area contributed by atoms with E-state index in [-0.39, 0.29) is 12.0 Å². The van der Waals surface area contributed by atoms with Crippen molar-refractivity contribution in [2.45, 2.75) is 39.3 Å². The Hall–Kier alpha value is -1.75. The molecule has 118 valence electrons. The van der Waals surface area contributed by atoms with Crippen molar-refractivity contribution < 1.29 is 14.3 Å². The second kappa shape index (κ2) is 8.52. The highest BCUT2D eigenvalue weighted by molar-refractivity contribution is 5.81. The van der Waals surface area contributed by atoms with Gasteiger partial charge < -0.3 is 20.5 Å². The smallest absolute Gasteiger partial charge is 0.237 e. The van der Waals surface area contributed by atoms with E-state index >= 15 is 0 Å². The molecule has 0 fully saturated rings. The summed E-state index contributed by atoms with van der Waals surface area (Å²) in [5.41, 5.74) is 5.82. The maximum atomic E-state index is 11.8. The van der Waals surface area contributed by atoms with Crippen LogP contribution in [0.15, 0.2) is 24.3 Å². The number of amides is 1. The molecular weight excluding hydrogens is 268 g/mol. The van der Waals surface area contributed by atoms with Crippen LogP contribution >= 0.6 is 0 Å². The van der Waals surface area contributed by atoms with Gasteiger partial charge in [-0.2, -0.15) is 0 Å². The maximum Gasteiger partial charge on any atom is 0.237 e. The Morgan fingerprint density at radius 3 is 2.29 bits per heavy atom. The number of methoxy groups -OCH3 is 1. The minimum absolute atomic E-state index is 0.131. The maximum absolute atomic E-state index is 11.8. The molecule has 5 nitrogen and oxygen atoms in total. The van der Waals surface area contributed by atoms with Crippen LogP contribution in [0.25, 0.3) is 0 Å². The predicted octanol–water partition coefficient (Wildman–Crippen LogP) is 1.95. The lowest BCUT2D eigenvalue weighted by Gasteiger charge is -2.18. The molecule has 0 saturated carbocycles. The number of carbonyl (C=O) groups is 1. The average Bonchev–Trinajstić information content (AvgIpc) is 2.44. The summed E-state index contributed by atoms with van der Waals surface area (Å²) < 4.78 is 10.8. The van der Waals surface area contributed by atoms with Crippen molar-refractivity contribution in [1.82, 2.24) is 5.32 Å². The molecule has 1 amide bonds. The molecule has 0 aromatic heterocycles. The zero-order valence-corrected chi connectivity index (χ0v) is 13.3. The molecule has 0 heterocycles. The molecule has 0 spiro atoms. The van der Waals surface area contributed by atoms with E-state index < -0.39 is 6.04 Å². The highest BCUT2D eigenvalue weighted by Crippen LogP contribution is 2.17. The number of hydrogen-bond acceptors (Lipinski definition) is 4. The quantitative estimate of drug-likeness (QED) is 0.768. The molecule has 3 N–H and O–H groups in total. The number of rotatable bonds is 8. The standard InChI is InChI=1S/C16H26N2O3/c1-11(2)9-15(17)16(19)18-10-12(3)21-14-7-5-13(20-4)6-8-14/h5-8,11-12,15H,9-10,17H2,1-4H3,(H,18,19)/t12?,15-/m0/s1. The number of carbonyl (C=O) groups excluding carboxylic acids is 1. The van der Waals surface area contributed by atoms with Crippen LogP contribution in [0.5, 0.6) is 11.5 Å². The van der Waals surface area contributed by atoms with Gasteiger partial charge in [0, 0.05) is 0 Å². The van der Waals surface area contributed by atoms with Crippen LogP contribution < -0.4 is 20.5 Å². The van der Waals surface area contributed by atoms with Gasteiger partial charge in [0.1, 0.15) is 17.6 Å². The Labute approximate surface area is 126 Å². The van der Waals surface area contributed by atoms with Crippen molar-refractivity contribution in [2.24, 2.45) is 11.7 Å². The predicted molar refractivity (Wildman–Crippen MR) is 83.5 cm³/mol. The van der Waals surface area contributed by atoms with Crippen LogP contribution in [-0.2, 0) is 4.79 Å². The van der Waals surface area contributed by atoms with Gasteiger partial charge in [-0.1, -0.05) is 13.8 Å². The van der Waals surface area contributed by atoms with Crippen molar-refractivity contribution in [3.05, 3.63) is 24.3 Å². The van der Waals surface area contributed by atoms with E-state index in [0.717, 1.165) is 11.5 Å². The second-order valence-electron chi connectivity index (χ2n) is 5.59. The zero-order chi connectivity index (χ0) is 15.8. The molecule has 0 aliphatic heterocycles. The summed E-state index contributed by atoms with van der Waals surface area (Å²) >= 11 is 0. The molecular formula is C16H26N2O3. The third-order valence-corrected chi connectivity index (χ3v) is 3.02. The van der Waals surface area contributed by atoms with E-state index in [0.29, 0.717) is 18.9 Å². The summed E-state index contributed by atoms with van der Waals surface area (Å²) in [6.07, 6.45) is 0.549. The van der Waals surface area contributed by atoms with Crippen LogP contribution in [0, 0.1) is 5.92 Å². The molecule has 0 aliphatic carbocycles. The zero-order valence-electron chi connectivity index (χ0n) is 13.3. The minimum atomic E-state index is -0.460. The molecule has 1 aromatic carbocycles. The molecule has 2 atom stereocenters. The highest BCUT2D eigenvalue weighted by atomic mass is 16.5. The molecule has 0 aliphatic rings. The Kier molecular flexibility index (Phi) is 7.02. The third kappa shape index (κ3) is 6.49. The fraction of sp³-hybridized carbons (Fsp3) is 0.562. The van der Waals surface area contributed by atoms with E-state index in [4.69, 9.17) is 15.2 Å². The topological polar surface area (TPSA) is 73.6 Å². The lowest BCUT2D eigenvalue weighted by Crippen LogP contribution is -2.44. The van der Waals surface area contributed by atoms with Gasteiger partial charge in [0.2, 0.25) is 5.91 Å². The van der Waals surface area contributed by atoms with Crippen molar-refractivity contribution >= 4 is 5.91 Å². The van der Waals surface area contributed by atoms with E-state index in [9.17, 15) is 4.79 Å². The summed E-state index contributed by atoms with van der Waals surface area (Å²) in [6.45, 7) is 6.42. The summed E-state index contributed by atoms with van der Waals surface area (Å²) in [4.78, 5) is 11.8. The Morgan fingerprint density at radius 2 is 1.76 bits per heavy atom. The van der Waals surface area contributed by atoms with Crippen LogP contribution in [0.3, 0.4) is 0 Å². The molecule has 0 bridgehead atoms. The molecule has 1 unspecified atom stereocenters. The van der Waals surface area contributed by atoms with Gasteiger partial charge in [-0.25, -0.2) is 0 Å². The first-order valence-electron chi connectivity index (χ1n) is 7.26. The van der Waals surface area contributed by atoms with Gasteiger partial charge in [0.15, 0.2) is 0 Å². The molecule has 0 radical (unpaired) electrons. The van der Waals surface area contributed by atoms with Crippen LogP contribution in [-0.4, -0.2) is 31.7 Å². The molecule has 0 saturated heterocycles. The van der Waals surface area contributed by atoms with Gasteiger partial charge in [0.25, 0.3) is 0 Å². The lowest BCUT2D eigenvalue weighted by atomic mass is 10.0. The Balaban J connectivity index is 2.36. The fourth-order valence-corrected chi connectivity index (χ4v) is 1.92. The summed E-state index contributed by atoms with van der Waals surface area (Å²) in [7, 11) is 1.62. The Morgan fingerprint density at radius 1 is 1.19 bits per heavy atom. The van der Waals surface area contributed by atoms with Gasteiger partial charge >= 0.3 is 0 Å². The monoisotopic (exact) mass is 294 g/mol. The molecule has 5 heteroatoms. The van der Waals surface area contributed by atoms with Crippen molar-refractivity contribution in [1.29, 1.82) is 0 Å². The van der Waals surface area contributed by atoms with Crippen LogP contribution in [0.4, 0.5) is 0 Å². The number of hydrogen-bond donors (Lipinski definition) is 2. The lowest BCUT2D eigenvalue weighted by molar-refractivity contribution is -0.123. The largest absolute Gasteiger partial charge is 0.497 e. The Bertz CT molecular complexity index is 432. The normalized spacial score (nSPS) is 13.6. The van der Waals surface area contributed by atoms with Crippen LogP contribution in [0.1, 0.15) is 27.2 Å². The van der Waals surface area contributed by atoms with Crippen molar-refractivity contribution in [3.8, 4) is 11.5 Å². The highest BCUT2D eigenvalue weighted by Gasteiger charge is 2.15. The van der Waals surface area contributed by atoms with E-state index in [1.165, 1.54) is 0 Å². The first kappa shape index (κ1) is 17.3. The van der Waals surface area contributed by atoms with Crippen molar-refractivity contribution in [3.63, 3.8) is 0 Å². The summed E-state index contributed by atoms with van der Waals surface area (Å²) in [5.74, 6) is 1.79. The van der Waals surface area contributed by atoms with E-state index in [1.807, 2.05) is 45.0 Å². The van der Waals surface area contributed by atoms with Crippen LogP contribution in [0.2, 0.25) is 0 Å². The average molecular weight is 294 g/mol. The first-order valence-corrected chi connectivity index (χ1v) is 7.26. The number of ether oxygens (including phenoxy) is 2. The van der Waals surface area contributed by atoms with Gasteiger partial charge in [-0.05, 0) is 43.5 Å². The second-order valence-corrected chi connectivity index (χ2v) is 5.59. The number of nitrogens with one attached hydrogen (secondary N) is 1. The molecule has 1 rings (SSSR count). The first-order chi connectivity index (χ1) is 9.92. The van der Waals surface area contributed by atoms with Crippen molar-refractivity contribution in [2.75, 3.05) is 13.7 Å². The SMILES string of the molecule is COc1ccc(OC(C)CNC(=O)[C@@H](N)CC(C)C)cc1. The van der Waals surface area contributed by atoms with E-state index in [2.05, 4.69) is 5.32 Å². The van der Waals surface area contributed by atoms with Gasteiger partial charge in [0.05, 0.1) is 19.7 Å². The summed E-state index contributed by atoms with van der Waals surface area (Å²) in [6, 6.07) is 6.87. The number of benzene rings is 1. The fourth-order valence-electron chi connectivity index (χ4n) is 1.92. The van der Waals surface area contributed by atoms with Gasteiger partial charge in [-0.15, -0.1) is 0 Å². The molecule has 1 aromatic rings. The third-order valence-electron chi connectivity index (χ3n) is 3.02. The van der Waals surface area contributed by atoms with Gasteiger partial charge in [-0.3, -0.25) is 4.79 Å². The molecule has 21 heavy (non-hydrogen) atoms. The number of nitrogens with two attached hydrogens (primary N) is 1.